The number of hydrogen-bond donors (Lipinski definition) is 0. The van der Waals surface area contributed by atoms with Gasteiger partial charge in [-0.25, -0.2) is 0 Å². The molecule has 5 nitrogen and oxygen atoms in total. The zero-order valence-electron chi connectivity index (χ0n) is 19.3. The van der Waals surface area contributed by atoms with Gasteiger partial charge in [0.15, 0.2) is 11.0 Å². The highest BCUT2D eigenvalue weighted by Gasteiger charge is 2.30. The van der Waals surface area contributed by atoms with Crippen LogP contribution in [0.2, 0.25) is 0 Å². The lowest BCUT2D eigenvalue weighted by atomic mass is 10.0. The van der Waals surface area contributed by atoms with Crippen molar-refractivity contribution in [3.8, 4) is 11.4 Å². The van der Waals surface area contributed by atoms with Crippen molar-refractivity contribution in [3.63, 3.8) is 0 Å². The first-order chi connectivity index (χ1) is 16.8. The second-order valence-corrected chi connectivity index (χ2v) is 8.79. The van der Waals surface area contributed by atoms with Gasteiger partial charge < -0.3 is 9.15 Å². The van der Waals surface area contributed by atoms with Gasteiger partial charge >= 0.3 is 6.18 Å². The molecule has 0 aliphatic heterocycles. The zero-order valence-corrected chi connectivity index (χ0v) is 20.1. The molecule has 0 saturated heterocycles. The number of thioether (sulfide) groups is 1. The Balaban J connectivity index is 1.66. The predicted octanol–water partition coefficient (Wildman–Crippen LogP) is 7.08. The lowest BCUT2D eigenvalue weighted by molar-refractivity contribution is -0.137. The lowest BCUT2D eigenvalue weighted by Gasteiger charge is -2.13. The molecule has 182 valence electrons. The monoisotopic (exact) mass is 499 g/mol. The molecule has 0 aliphatic carbocycles. The number of benzene rings is 2. The number of rotatable bonds is 9. The van der Waals surface area contributed by atoms with Crippen LogP contribution >= 0.6 is 11.8 Å². The lowest BCUT2D eigenvalue weighted by Crippen LogP contribution is -2.06. The Morgan fingerprint density at radius 1 is 1.09 bits per heavy atom. The molecule has 4 rings (SSSR count). The Hall–Kier alpha value is -3.46. The van der Waals surface area contributed by atoms with Gasteiger partial charge in [-0.1, -0.05) is 49.5 Å². The van der Waals surface area contributed by atoms with Crippen LogP contribution in [0.1, 0.15) is 34.7 Å². The molecule has 2 heterocycles. The van der Waals surface area contributed by atoms with E-state index in [1.807, 2.05) is 16.7 Å². The number of methoxy groups -OCH3 is 1. The molecular weight excluding hydrogens is 475 g/mol. The molecule has 0 unspecified atom stereocenters. The summed E-state index contributed by atoms with van der Waals surface area (Å²) in [7, 11) is 1.59. The van der Waals surface area contributed by atoms with Crippen LogP contribution in [0, 0.1) is 0 Å². The number of alkyl halides is 3. The first-order valence-electron chi connectivity index (χ1n) is 10.9. The van der Waals surface area contributed by atoms with Crippen LogP contribution in [0.4, 0.5) is 13.2 Å². The highest BCUT2D eigenvalue weighted by Crippen LogP contribution is 2.33. The highest BCUT2D eigenvalue weighted by molar-refractivity contribution is 7.98. The SMILES string of the molecule is C=C(OC)c1ccc(CC)c(CSc2nnc(-c3ccc(C(F)(F)F)cc3)n2Cc2ccoc2)c1. The first-order valence-corrected chi connectivity index (χ1v) is 11.9. The molecule has 0 amide bonds. The molecule has 2 aromatic carbocycles. The van der Waals surface area contributed by atoms with E-state index < -0.39 is 11.7 Å². The van der Waals surface area contributed by atoms with Crippen LogP contribution in [-0.2, 0) is 29.6 Å². The van der Waals surface area contributed by atoms with Crippen molar-refractivity contribution in [3.05, 3.63) is 95.5 Å². The average molecular weight is 500 g/mol. The minimum absolute atomic E-state index is 0.420. The summed E-state index contributed by atoms with van der Waals surface area (Å²) in [5.74, 6) is 1.70. The van der Waals surface area contributed by atoms with Crippen LogP contribution < -0.4 is 0 Å². The van der Waals surface area contributed by atoms with Gasteiger partial charge in [0.2, 0.25) is 0 Å². The van der Waals surface area contributed by atoms with Crippen molar-refractivity contribution in [2.45, 2.75) is 37.0 Å². The fourth-order valence-corrected chi connectivity index (χ4v) is 4.62. The van der Waals surface area contributed by atoms with Crippen LogP contribution in [0.15, 0.2) is 77.2 Å². The zero-order chi connectivity index (χ0) is 25.0. The van der Waals surface area contributed by atoms with Gasteiger partial charge in [0.25, 0.3) is 0 Å². The molecule has 9 heteroatoms. The van der Waals surface area contributed by atoms with E-state index in [2.05, 4.69) is 35.8 Å². The molecule has 0 saturated carbocycles. The molecule has 0 spiro atoms. The Labute approximate surface area is 205 Å². The maximum atomic E-state index is 13.0. The van der Waals surface area contributed by atoms with Crippen molar-refractivity contribution >= 4 is 17.5 Å². The second-order valence-electron chi connectivity index (χ2n) is 7.85. The van der Waals surface area contributed by atoms with E-state index in [9.17, 15) is 13.2 Å². The van der Waals surface area contributed by atoms with Crippen LogP contribution in [0.25, 0.3) is 17.1 Å². The van der Waals surface area contributed by atoms with E-state index in [0.29, 0.717) is 34.6 Å². The van der Waals surface area contributed by atoms with Crippen LogP contribution in [0.5, 0.6) is 0 Å². The molecule has 0 atom stereocenters. The van der Waals surface area contributed by atoms with Gasteiger partial charge in [-0.05, 0) is 41.8 Å². The van der Waals surface area contributed by atoms with Crippen LogP contribution in [-0.4, -0.2) is 21.9 Å². The maximum Gasteiger partial charge on any atom is 0.416 e. The Morgan fingerprint density at radius 3 is 2.49 bits per heavy atom. The van der Waals surface area contributed by atoms with E-state index in [1.54, 1.807) is 19.6 Å². The van der Waals surface area contributed by atoms with Gasteiger partial charge in [0.1, 0.15) is 5.76 Å². The van der Waals surface area contributed by atoms with E-state index >= 15 is 0 Å². The van der Waals surface area contributed by atoms with Crippen molar-refractivity contribution in [1.29, 1.82) is 0 Å². The third-order valence-electron chi connectivity index (χ3n) is 5.62. The summed E-state index contributed by atoms with van der Waals surface area (Å²) in [6, 6.07) is 12.9. The fraction of sp³-hybridized carbons (Fsp3) is 0.231. The molecule has 0 N–H and O–H groups in total. The molecule has 0 bridgehead atoms. The Kier molecular flexibility index (Phi) is 7.35. The molecule has 35 heavy (non-hydrogen) atoms. The number of nitrogens with zero attached hydrogens (tertiary/aromatic N) is 3. The van der Waals surface area contributed by atoms with Crippen molar-refractivity contribution in [2.24, 2.45) is 0 Å². The second kappa shape index (κ2) is 10.4. The van der Waals surface area contributed by atoms with E-state index in [1.165, 1.54) is 29.5 Å². The number of aryl methyl sites for hydroxylation is 1. The summed E-state index contributed by atoms with van der Waals surface area (Å²) in [6.45, 7) is 6.45. The predicted molar refractivity (Wildman–Crippen MR) is 130 cm³/mol. The minimum atomic E-state index is -4.40. The summed E-state index contributed by atoms with van der Waals surface area (Å²) in [5.41, 5.74) is 3.98. The average Bonchev–Trinajstić information content (AvgIpc) is 3.52. The molecule has 0 fully saturated rings. The summed E-state index contributed by atoms with van der Waals surface area (Å²) >= 11 is 1.51. The quantitative estimate of drug-likeness (QED) is 0.182. The smallest absolute Gasteiger partial charge is 0.416 e. The van der Waals surface area contributed by atoms with Crippen molar-refractivity contribution in [2.75, 3.05) is 7.11 Å². The van der Waals surface area contributed by atoms with E-state index in [-0.39, 0.29) is 0 Å². The Bertz CT molecular complexity index is 1300. The molecule has 0 radical (unpaired) electrons. The molecule has 4 aromatic rings. The number of aromatic nitrogens is 3. The molecular formula is C26H24F3N3O2S. The summed E-state index contributed by atoms with van der Waals surface area (Å²) < 4.78 is 51.4. The highest BCUT2D eigenvalue weighted by atomic mass is 32.2. The summed E-state index contributed by atoms with van der Waals surface area (Å²) in [6.07, 6.45) is -0.330. The number of furan rings is 1. The largest absolute Gasteiger partial charge is 0.497 e. The van der Waals surface area contributed by atoms with Crippen molar-refractivity contribution < 1.29 is 22.3 Å². The number of halogens is 3. The topological polar surface area (TPSA) is 53.1 Å². The van der Waals surface area contributed by atoms with Gasteiger partial charge in [-0.15, -0.1) is 10.2 Å². The fourth-order valence-electron chi connectivity index (χ4n) is 3.66. The van der Waals surface area contributed by atoms with Crippen LogP contribution in [0.3, 0.4) is 0 Å². The van der Waals surface area contributed by atoms with Gasteiger partial charge in [-0.3, -0.25) is 4.57 Å². The van der Waals surface area contributed by atoms with Gasteiger partial charge in [0.05, 0.1) is 31.7 Å². The Morgan fingerprint density at radius 2 is 1.86 bits per heavy atom. The van der Waals surface area contributed by atoms with Gasteiger partial charge in [-0.2, -0.15) is 13.2 Å². The van der Waals surface area contributed by atoms with E-state index in [4.69, 9.17) is 9.15 Å². The minimum Gasteiger partial charge on any atom is -0.497 e. The summed E-state index contributed by atoms with van der Waals surface area (Å²) in [5, 5.41) is 9.34. The third kappa shape index (κ3) is 5.62. The third-order valence-corrected chi connectivity index (χ3v) is 6.64. The normalized spacial score (nSPS) is 11.6. The number of ether oxygens (including phenoxy) is 1. The number of hydrogen-bond acceptors (Lipinski definition) is 5. The maximum absolute atomic E-state index is 13.0. The van der Waals surface area contributed by atoms with Gasteiger partial charge in [0, 0.05) is 22.4 Å². The standard InChI is InChI=1S/C26H24F3N3O2S/c1-4-19-5-6-21(17(2)33-3)13-22(19)16-35-25-31-30-24(32(25)14-18-11-12-34-15-18)20-7-9-23(10-8-20)26(27,28)29/h5-13,15H,2,4,14,16H2,1,3H3. The molecule has 0 aliphatic rings. The molecule has 2 aromatic heterocycles. The summed E-state index contributed by atoms with van der Waals surface area (Å²) in [4.78, 5) is 0. The van der Waals surface area contributed by atoms with E-state index in [0.717, 1.165) is 35.2 Å². The first kappa shape index (κ1) is 24.7. The van der Waals surface area contributed by atoms with Crippen molar-refractivity contribution in [1.82, 2.24) is 14.8 Å².